The van der Waals surface area contributed by atoms with Crippen LogP contribution in [0.15, 0.2) is 18.2 Å². The first kappa shape index (κ1) is 10.2. The molecule has 1 N–H and O–H groups in total. The fourth-order valence-corrected chi connectivity index (χ4v) is 2.91. The summed E-state index contributed by atoms with van der Waals surface area (Å²) >= 11 is 13.3. The van der Waals surface area contributed by atoms with Crippen LogP contribution in [0.1, 0.15) is 10.4 Å². The molecule has 2 aromatic rings. The number of halogens is 2. The number of fused-ring (bicyclic) bond motifs is 1. The molecule has 0 bridgehead atoms. The van der Waals surface area contributed by atoms with Crippen molar-refractivity contribution in [3.8, 4) is 0 Å². The molecule has 0 amide bonds. The van der Waals surface area contributed by atoms with Crippen LogP contribution in [0.3, 0.4) is 0 Å². The Labute approximate surface area is 95.9 Å². The van der Waals surface area contributed by atoms with E-state index in [1.807, 2.05) is 12.1 Å². The quantitative estimate of drug-likeness (QED) is 0.800. The maximum absolute atomic E-state index is 9.16. The minimum absolute atomic E-state index is 0.0132. The predicted molar refractivity (Wildman–Crippen MR) is 62.3 cm³/mol. The topological polar surface area (TPSA) is 20.2 Å². The van der Waals surface area contributed by atoms with Gasteiger partial charge in [0.1, 0.15) is 0 Å². The first-order valence-electron chi connectivity index (χ1n) is 4.12. The van der Waals surface area contributed by atoms with Crippen LogP contribution in [0.4, 0.5) is 0 Å². The Morgan fingerprint density at radius 1 is 1.29 bits per heavy atom. The van der Waals surface area contributed by atoms with Gasteiger partial charge in [0.15, 0.2) is 0 Å². The van der Waals surface area contributed by atoms with Gasteiger partial charge in [-0.05, 0) is 29.1 Å². The standard InChI is InChI=1S/C10H8Cl2OS/c11-4-9-3-6-1-8(12)2-7(5-13)10(6)14-9/h1-3,13H,4-5H2. The van der Waals surface area contributed by atoms with Gasteiger partial charge in [-0.25, -0.2) is 0 Å². The molecular weight excluding hydrogens is 239 g/mol. The maximum atomic E-state index is 9.16. The molecule has 0 aliphatic carbocycles. The van der Waals surface area contributed by atoms with Crippen LogP contribution >= 0.6 is 34.5 Å². The number of hydrogen-bond acceptors (Lipinski definition) is 2. The monoisotopic (exact) mass is 246 g/mol. The molecule has 1 aromatic heterocycles. The van der Waals surface area contributed by atoms with Gasteiger partial charge in [-0.15, -0.1) is 22.9 Å². The molecule has 0 atom stereocenters. The minimum atomic E-state index is 0.0132. The van der Waals surface area contributed by atoms with Crippen LogP contribution in [0, 0.1) is 0 Å². The van der Waals surface area contributed by atoms with E-state index in [0.29, 0.717) is 10.9 Å². The zero-order chi connectivity index (χ0) is 10.1. The molecule has 14 heavy (non-hydrogen) atoms. The van der Waals surface area contributed by atoms with Crippen LogP contribution in [0.2, 0.25) is 5.02 Å². The summed E-state index contributed by atoms with van der Waals surface area (Å²) in [5.41, 5.74) is 0.869. The molecule has 0 aliphatic heterocycles. The molecular formula is C10H8Cl2OS. The van der Waals surface area contributed by atoms with E-state index in [1.165, 1.54) is 0 Å². The van der Waals surface area contributed by atoms with E-state index in [0.717, 1.165) is 20.5 Å². The third-order valence-corrected chi connectivity index (χ3v) is 3.90. The zero-order valence-corrected chi connectivity index (χ0v) is 9.59. The molecule has 0 saturated heterocycles. The van der Waals surface area contributed by atoms with Crippen molar-refractivity contribution >= 4 is 44.6 Å². The van der Waals surface area contributed by atoms with Gasteiger partial charge >= 0.3 is 0 Å². The van der Waals surface area contributed by atoms with E-state index in [-0.39, 0.29) is 6.61 Å². The Balaban J connectivity index is 2.71. The van der Waals surface area contributed by atoms with E-state index >= 15 is 0 Å². The fourth-order valence-electron chi connectivity index (χ4n) is 1.42. The van der Waals surface area contributed by atoms with Crippen LogP contribution in [-0.2, 0) is 12.5 Å². The van der Waals surface area contributed by atoms with Crippen molar-refractivity contribution in [2.75, 3.05) is 0 Å². The average molecular weight is 247 g/mol. The highest BCUT2D eigenvalue weighted by Crippen LogP contribution is 2.32. The molecule has 0 unspecified atom stereocenters. The Morgan fingerprint density at radius 3 is 2.71 bits per heavy atom. The van der Waals surface area contributed by atoms with E-state index in [1.54, 1.807) is 17.4 Å². The molecule has 0 aliphatic rings. The van der Waals surface area contributed by atoms with Gasteiger partial charge in [0, 0.05) is 14.6 Å². The predicted octanol–water partition coefficient (Wildman–Crippen LogP) is 3.79. The fraction of sp³-hybridized carbons (Fsp3) is 0.200. The summed E-state index contributed by atoms with van der Waals surface area (Å²) in [6.07, 6.45) is 0. The molecule has 4 heteroatoms. The Bertz CT molecular complexity index is 464. The largest absolute Gasteiger partial charge is 0.392 e. The number of rotatable bonds is 2. The van der Waals surface area contributed by atoms with E-state index < -0.39 is 0 Å². The first-order chi connectivity index (χ1) is 6.74. The SMILES string of the molecule is OCc1cc(Cl)cc2cc(CCl)sc12. The second-order valence-corrected chi connectivity index (χ2v) is 4.83. The van der Waals surface area contributed by atoms with Crippen LogP contribution in [0.25, 0.3) is 10.1 Å². The van der Waals surface area contributed by atoms with E-state index in [9.17, 15) is 0 Å². The zero-order valence-electron chi connectivity index (χ0n) is 7.26. The molecule has 0 spiro atoms. The molecule has 74 valence electrons. The summed E-state index contributed by atoms with van der Waals surface area (Å²) in [6.45, 7) is 0.0132. The molecule has 2 rings (SSSR count). The van der Waals surface area contributed by atoms with Crippen molar-refractivity contribution in [3.63, 3.8) is 0 Å². The lowest BCUT2D eigenvalue weighted by Crippen LogP contribution is -1.82. The molecule has 1 heterocycles. The van der Waals surface area contributed by atoms with Crippen LogP contribution in [-0.4, -0.2) is 5.11 Å². The highest BCUT2D eigenvalue weighted by atomic mass is 35.5. The van der Waals surface area contributed by atoms with Gasteiger partial charge in [0.25, 0.3) is 0 Å². The van der Waals surface area contributed by atoms with Crippen LogP contribution in [0.5, 0.6) is 0 Å². The number of hydrogen-bond donors (Lipinski definition) is 1. The first-order valence-corrected chi connectivity index (χ1v) is 5.85. The smallest absolute Gasteiger partial charge is 0.0696 e. The minimum Gasteiger partial charge on any atom is -0.392 e. The van der Waals surface area contributed by atoms with Gasteiger partial charge in [-0.2, -0.15) is 0 Å². The Morgan fingerprint density at radius 2 is 2.07 bits per heavy atom. The molecule has 1 nitrogen and oxygen atoms in total. The van der Waals surface area contributed by atoms with E-state index in [4.69, 9.17) is 28.3 Å². The summed E-state index contributed by atoms with van der Waals surface area (Å²) in [7, 11) is 0. The summed E-state index contributed by atoms with van der Waals surface area (Å²) in [6, 6.07) is 5.69. The lowest BCUT2D eigenvalue weighted by molar-refractivity contribution is 0.283. The Kier molecular flexibility index (Phi) is 2.98. The average Bonchev–Trinajstić information content (AvgIpc) is 2.59. The molecule has 1 aromatic carbocycles. The van der Waals surface area contributed by atoms with Crippen molar-refractivity contribution in [2.24, 2.45) is 0 Å². The van der Waals surface area contributed by atoms with Crippen LogP contribution < -0.4 is 0 Å². The van der Waals surface area contributed by atoms with Crippen molar-refractivity contribution in [2.45, 2.75) is 12.5 Å². The molecule has 0 radical (unpaired) electrons. The summed E-state index contributed by atoms with van der Waals surface area (Å²) < 4.78 is 1.08. The molecule has 0 fully saturated rings. The molecule has 0 saturated carbocycles. The lowest BCUT2D eigenvalue weighted by Gasteiger charge is -1.98. The van der Waals surface area contributed by atoms with E-state index in [2.05, 4.69) is 0 Å². The lowest BCUT2D eigenvalue weighted by atomic mass is 10.2. The second kappa shape index (κ2) is 4.07. The van der Waals surface area contributed by atoms with Gasteiger partial charge in [-0.3, -0.25) is 0 Å². The van der Waals surface area contributed by atoms with Crippen molar-refractivity contribution in [1.29, 1.82) is 0 Å². The third kappa shape index (κ3) is 1.75. The summed E-state index contributed by atoms with van der Waals surface area (Å²) in [5.74, 6) is 0.502. The number of aliphatic hydroxyl groups is 1. The highest BCUT2D eigenvalue weighted by molar-refractivity contribution is 7.19. The summed E-state index contributed by atoms with van der Waals surface area (Å²) in [4.78, 5) is 1.10. The Hall–Kier alpha value is -0.280. The second-order valence-electron chi connectivity index (χ2n) is 2.99. The highest BCUT2D eigenvalue weighted by Gasteiger charge is 2.06. The maximum Gasteiger partial charge on any atom is 0.0696 e. The van der Waals surface area contributed by atoms with Crippen molar-refractivity contribution in [3.05, 3.63) is 33.7 Å². The summed E-state index contributed by atoms with van der Waals surface area (Å²) in [5, 5.41) is 10.9. The number of benzene rings is 1. The number of thiophene rings is 1. The van der Waals surface area contributed by atoms with Gasteiger partial charge in [-0.1, -0.05) is 11.6 Å². The third-order valence-electron chi connectivity index (χ3n) is 2.01. The van der Waals surface area contributed by atoms with Gasteiger partial charge in [0.2, 0.25) is 0 Å². The number of alkyl halides is 1. The van der Waals surface area contributed by atoms with Gasteiger partial charge < -0.3 is 5.11 Å². The van der Waals surface area contributed by atoms with Crippen molar-refractivity contribution in [1.82, 2.24) is 0 Å². The van der Waals surface area contributed by atoms with Gasteiger partial charge in [0.05, 0.1) is 12.5 Å². The normalized spacial score (nSPS) is 11.1. The number of aliphatic hydroxyl groups excluding tert-OH is 1. The van der Waals surface area contributed by atoms with Crippen molar-refractivity contribution < 1.29 is 5.11 Å².